The van der Waals surface area contributed by atoms with Crippen LogP contribution in [0.1, 0.15) is 47.1 Å². The topological polar surface area (TPSA) is 88.8 Å². The second-order valence-electron chi connectivity index (χ2n) is 4.76. The number of ether oxygens (including phenoxy) is 1. The molecule has 1 unspecified atom stereocenters. The van der Waals surface area contributed by atoms with Crippen molar-refractivity contribution in [3.63, 3.8) is 0 Å². The maximum absolute atomic E-state index is 12.1. The largest absolute Gasteiger partial charge is 0.478 e. The molecule has 0 saturated carbocycles. The lowest BCUT2D eigenvalue weighted by Gasteiger charge is -2.28. The fraction of sp³-hybridized carbons (Fsp3) is 0.538. The Balaban J connectivity index is 2.15. The van der Waals surface area contributed by atoms with Crippen molar-refractivity contribution in [2.75, 3.05) is 13.2 Å². The van der Waals surface area contributed by atoms with Crippen molar-refractivity contribution in [2.45, 2.75) is 31.7 Å². The van der Waals surface area contributed by atoms with Crippen molar-refractivity contribution >= 4 is 11.9 Å². The van der Waals surface area contributed by atoms with E-state index in [9.17, 15) is 9.59 Å². The zero-order chi connectivity index (χ0) is 13.9. The lowest BCUT2D eigenvalue weighted by Crippen LogP contribution is -2.49. The van der Waals surface area contributed by atoms with Crippen molar-refractivity contribution in [2.24, 2.45) is 0 Å². The Morgan fingerprint density at radius 3 is 2.89 bits per heavy atom. The number of hydrogen-bond donors (Lipinski definition) is 2. The lowest BCUT2D eigenvalue weighted by atomic mass is 9.92. The molecule has 0 radical (unpaired) electrons. The number of amides is 1. The fourth-order valence-corrected chi connectivity index (χ4v) is 2.40. The molecular formula is C13H17NO5. The Morgan fingerprint density at radius 1 is 1.53 bits per heavy atom. The number of carbonyl (C=O) groups excluding carboxylic acids is 1. The molecule has 1 amide bonds. The highest BCUT2D eigenvalue weighted by molar-refractivity contribution is 6.02. The van der Waals surface area contributed by atoms with Gasteiger partial charge >= 0.3 is 5.97 Å². The molecule has 6 heteroatoms. The van der Waals surface area contributed by atoms with Gasteiger partial charge in [0.2, 0.25) is 5.76 Å². The number of furan rings is 1. The van der Waals surface area contributed by atoms with E-state index >= 15 is 0 Å². The quantitative estimate of drug-likeness (QED) is 0.847. The molecule has 0 aromatic carbocycles. The van der Waals surface area contributed by atoms with E-state index < -0.39 is 17.4 Å². The minimum absolute atomic E-state index is 0.122. The van der Waals surface area contributed by atoms with Crippen LogP contribution in [0.4, 0.5) is 0 Å². The number of rotatable bonds is 5. The molecule has 0 spiro atoms. The third kappa shape index (κ3) is 2.78. The molecule has 6 nitrogen and oxygen atoms in total. The number of aromatic carboxylic acids is 1. The van der Waals surface area contributed by atoms with Gasteiger partial charge in [-0.05, 0) is 18.9 Å². The van der Waals surface area contributed by atoms with Crippen LogP contribution in [0, 0.1) is 0 Å². The van der Waals surface area contributed by atoms with Crippen molar-refractivity contribution in [1.29, 1.82) is 0 Å². The summed E-state index contributed by atoms with van der Waals surface area (Å²) in [5.74, 6) is -1.83. The van der Waals surface area contributed by atoms with Gasteiger partial charge in [0.1, 0.15) is 5.56 Å². The summed E-state index contributed by atoms with van der Waals surface area (Å²) in [6.07, 6.45) is 3.64. The zero-order valence-electron chi connectivity index (χ0n) is 10.8. The molecule has 2 heterocycles. The molecule has 1 fully saturated rings. The summed E-state index contributed by atoms with van der Waals surface area (Å²) in [6.45, 7) is 3.09. The van der Waals surface area contributed by atoms with E-state index in [0.717, 1.165) is 19.3 Å². The van der Waals surface area contributed by atoms with Crippen LogP contribution >= 0.6 is 0 Å². The second-order valence-corrected chi connectivity index (χ2v) is 4.76. The van der Waals surface area contributed by atoms with Crippen LogP contribution in [0.5, 0.6) is 0 Å². The van der Waals surface area contributed by atoms with Crippen LogP contribution in [-0.2, 0) is 4.74 Å². The summed E-state index contributed by atoms with van der Waals surface area (Å²) < 4.78 is 10.3. The first-order chi connectivity index (χ1) is 9.08. The summed E-state index contributed by atoms with van der Waals surface area (Å²) in [4.78, 5) is 23.1. The standard InChI is InChI=1S/C13H17NO5/c1-2-4-13(5-7-18-8-13)14-11(15)10-9(12(16)17)3-6-19-10/h3,6H,2,4-5,7-8H2,1H3,(H,14,15)(H,16,17). The fourth-order valence-electron chi connectivity index (χ4n) is 2.40. The summed E-state index contributed by atoms with van der Waals surface area (Å²) in [6, 6.07) is 1.27. The summed E-state index contributed by atoms with van der Waals surface area (Å²) in [7, 11) is 0. The SMILES string of the molecule is CCCC1(NC(=O)c2occc2C(=O)O)CCOC1. The summed E-state index contributed by atoms with van der Waals surface area (Å²) in [5, 5.41) is 11.8. The highest BCUT2D eigenvalue weighted by atomic mass is 16.5. The van der Waals surface area contributed by atoms with E-state index in [1.54, 1.807) is 0 Å². The smallest absolute Gasteiger partial charge is 0.339 e. The summed E-state index contributed by atoms with van der Waals surface area (Å²) in [5.41, 5.74) is -0.530. The van der Waals surface area contributed by atoms with Crippen LogP contribution in [0.3, 0.4) is 0 Å². The van der Waals surface area contributed by atoms with Gasteiger partial charge in [0.05, 0.1) is 18.4 Å². The molecule has 1 aliphatic rings. The number of carbonyl (C=O) groups is 2. The molecule has 1 saturated heterocycles. The van der Waals surface area contributed by atoms with E-state index in [-0.39, 0.29) is 11.3 Å². The van der Waals surface area contributed by atoms with Crippen LogP contribution in [0.15, 0.2) is 16.7 Å². The molecule has 1 aromatic heterocycles. The number of carboxylic acids is 1. The van der Waals surface area contributed by atoms with Crippen molar-refractivity contribution in [1.82, 2.24) is 5.32 Å². The highest BCUT2D eigenvalue weighted by Crippen LogP contribution is 2.25. The summed E-state index contributed by atoms with van der Waals surface area (Å²) >= 11 is 0. The van der Waals surface area contributed by atoms with E-state index in [4.69, 9.17) is 14.3 Å². The van der Waals surface area contributed by atoms with Crippen LogP contribution in [-0.4, -0.2) is 35.7 Å². The monoisotopic (exact) mass is 267 g/mol. The van der Waals surface area contributed by atoms with Crippen LogP contribution in [0.25, 0.3) is 0 Å². The van der Waals surface area contributed by atoms with Crippen molar-refractivity contribution in [3.05, 3.63) is 23.7 Å². The average Bonchev–Trinajstić information content (AvgIpc) is 2.97. The van der Waals surface area contributed by atoms with E-state index in [1.165, 1.54) is 12.3 Å². The lowest BCUT2D eigenvalue weighted by molar-refractivity contribution is 0.0683. The van der Waals surface area contributed by atoms with Gasteiger partial charge in [-0.25, -0.2) is 4.79 Å². The van der Waals surface area contributed by atoms with Crippen molar-refractivity contribution in [3.8, 4) is 0 Å². The van der Waals surface area contributed by atoms with Crippen LogP contribution in [0.2, 0.25) is 0 Å². The minimum atomic E-state index is -1.17. The van der Waals surface area contributed by atoms with Gasteiger partial charge in [-0.2, -0.15) is 0 Å². The Bertz CT molecular complexity index is 473. The van der Waals surface area contributed by atoms with E-state index in [1.807, 2.05) is 6.92 Å². The van der Waals surface area contributed by atoms with Gasteiger partial charge in [0.25, 0.3) is 5.91 Å². The van der Waals surface area contributed by atoms with E-state index in [2.05, 4.69) is 5.32 Å². The third-order valence-corrected chi connectivity index (χ3v) is 3.31. The molecule has 19 heavy (non-hydrogen) atoms. The molecule has 1 atom stereocenters. The van der Waals surface area contributed by atoms with Gasteiger partial charge in [-0.1, -0.05) is 13.3 Å². The first-order valence-electron chi connectivity index (χ1n) is 6.29. The Morgan fingerprint density at radius 2 is 2.32 bits per heavy atom. The number of hydrogen-bond acceptors (Lipinski definition) is 4. The van der Waals surface area contributed by atoms with E-state index in [0.29, 0.717) is 13.2 Å². The first kappa shape index (κ1) is 13.6. The highest BCUT2D eigenvalue weighted by Gasteiger charge is 2.37. The molecule has 2 rings (SSSR count). The molecule has 0 bridgehead atoms. The predicted molar refractivity (Wildman–Crippen MR) is 66.2 cm³/mol. The Kier molecular flexibility index (Phi) is 3.90. The molecular weight excluding hydrogens is 250 g/mol. The maximum atomic E-state index is 12.1. The van der Waals surface area contributed by atoms with Crippen molar-refractivity contribution < 1.29 is 23.8 Å². The first-order valence-corrected chi connectivity index (χ1v) is 6.29. The third-order valence-electron chi connectivity index (χ3n) is 3.31. The van der Waals surface area contributed by atoms with Gasteiger partial charge in [0, 0.05) is 6.61 Å². The van der Waals surface area contributed by atoms with Gasteiger partial charge < -0.3 is 19.6 Å². The van der Waals surface area contributed by atoms with Crippen LogP contribution < -0.4 is 5.32 Å². The number of nitrogens with one attached hydrogen (secondary N) is 1. The molecule has 2 N–H and O–H groups in total. The second kappa shape index (κ2) is 5.44. The Labute approximate surface area is 110 Å². The maximum Gasteiger partial charge on any atom is 0.339 e. The van der Waals surface area contributed by atoms with Gasteiger partial charge in [-0.15, -0.1) is 0 Å². The Hall–Kier alpha value is -1.82. The molecule has 0 aliphatic carbocycles. The normalized spacial score (nSPS) is 22.4. The molecule has 1 aliphatic heterocycles. The average molecular weight is 267 g/mol. The number of carboxylic acid groups (broad SMARTS) is 1. The molecule has 1 aromatic rings. The molecule has 104 valence electrons. The minimum Gasteiger partial charge on any atom is -0.478 e. The van der Waals surface area contributed by atoms with Gasteiger partial charge in [0.15, 0.2) is 0 Å². The predicted octanol–water partition coefficient (Wildman–Crippen LogP) is 1.67. The van der Waals surface area contributed by atoms with Gasteiger partial charge in [-0.3, -0.25) is 4.79 Å². The zero-order valence-corrected chi connectivity index (χ0v) is 10.8.